The predicted octanol–water partition coefficient (Wildman–Crippen LogP) is 8.83. The van der Waals surface area contributed by atoms with Crippen LogP contribution in [-0.4, -0.2) is 96.3 Å². The predicted molar refractivity (Wildman–Crippen MR) is 245 cm³/mol. The lowest BCUT2D eigenvalue weighted by atomic mass is 10.2. The Kier molecular flexibility index (Phi) is 15.1. The molecule has 1 aliphatic heterocycles. The average molecular weight is 1000 g/mol. The number of nitro groups is 2. The molecule has 3 heterocycles. The number of benzene rings is 4. The highest BCUT2D eigenvalue weighted by molar-refractivity contribution is 6.33. The third-order valence-corrected chi connectivity index (χ3v) is 10.3. The molecule has 1 aliphatic rings. The molecule has 0 amide bonds. The van der Waals surface area contributed by atoms with Crippen LogP contribution in [0.25, 0.3) is 0 Å². The standard InChI is InChI=1S/C40H33Cl2F6N17O4/c41-31-9-7-29(64(66)67)17-23(31)21-50-60-36-55-33(54-34(56-36)52-27-5-1-3-25(19-27)39(43,44)45)49-11-12-62-13-15-63(16-14-62)38-58-35(53-28-6-2-4-26(20-28)40(46,47)48)57-37(59-38)61-51-22-24-18-30(65(68)69)8-10-32(24)42/h1-10,17-22H,11-16H2,(H2,53,57,58,59,61)(H3,49,52,54,55,56,60)/b50-21+,51-22+. The van der Waals surface area contributed by atoms with Crippen LogP contribution >= 0.6 is 23.2 Å². The van der Waals surface area contributed by atoms with Gasteiger partial charge in [0.2, 0.25) is 35.7 Å². The number of anilines is 8. The Morgan fingerprint density at radius 1 is 0.609 bits per heavy atom. The van der Waals surface area contributed by atoms with Crippen molar-refractivity contribution in [2.75, 3.05) is 71.0 Å². The van der Waals surface area contributed by atoms with Gasteiger partial charge < -0.3 is 20.9 Å². The van der Waals surface area contributed by atoms with Gasteiger partial charge in [-0.25, -0.2) is 10.9 Å². The Labute approximate surface area is 395 Å². The van der Waals surface area contributed by atoms with E-state index < -0.39 is 33.3 Å². The first-order valence-electron chi connectivity index (χ1n) is 19.9. The van der Waals surface area contributed by atoms with E-state index in [9.17, 15) is 46.6 Å². The van der Waals surface area contributed by atoms with Crippen molar-refractivity contribution >= 4 is 94.1 Å². The lowest BCUT2D eigenvalue weighted by Crippen LogP contribution is -2.48. The molecular formula is C40H33Cl2F6N17O4. The van der Waals surface area contributed by atoms with Crippen LogP contribution in [0.2, 0.25) is 10.0 Å². The lowest BCUT2D eigenvalue weighted by Gasteiger charge is -2.34. The first-order valence-corrected chi connectivity index (χ1v) is 20.7. The summed E-state index contributed by atoms with van der Waals surface area (Å²) in [4.78, 5) is 51.2. The molecule has 69 heavy (non-hydrogen) atoms. The highest BCUT2D eigenvalue weighted by Gasteiger charge is 2.31. The zero-order valence-corrected chi connectivity index (χ0v) is 36.5. The number of nitro benzene ring substituents is 2. The first-order chi connectivity index (χ1) is 32.9. The van der Waals surface area contributed by atoms with Gasteiger partial charge in [-0.3, -0.25) is 25.1 Å². The van der Waals surface area contributed by atoms with E-state index in [0.717, 1.165) is 24.3 Å². The smallest absolute Gasteiger partial charge is 0.353 e. The number of hydrogen-bond donors (Lipinski definition) is 5. The van der Waals surface area contributed by atoms with Gasteiger partial charge in [0.1, 0.15) is 0 Å². The maximum absolute atomic E-state index is 13.5. The van der Waals surface area contributed by atoms with E-state index in [4.69, 9.17) is 23.2 Å². The molecule has 7 rings (SSSR count). The number of aromatic nitrogens is 6. The minimum atomic E-state index is -4.62. The van der Waals surface area contributed by atoms with Crippen molar-refractivity contribution in [1.29, 1.82) is 0 Å². The summed E-state index contributed by atoms with van der Waals surface area (Å²) < 4.78 is 80.9. The van der Waals surface area contributed by atoms with Crippen LogP contribution in [-0.2, 0) is 12.4 Å². The molecule has 0 spiro atoms. The largest absolute Gasteiger partial charge is 0.416 e. The first kappa shape index (κ1) is 48.9. The molecule has 0 saturated carbocycles. The van der Waals surface area contributed by atoms with Gasteiger partial charge in [-0.1, -0.05) is 35.3 Å². The Balaban J connectivity index is 1.04. The summed E-state index contributed by atoms with van der Waals surface area (Å²) in [6.07, 6.45) is -6.82. The van der Waals surface area contributed by atoms with Crippen LogP contribution in [0.4, 0.5) is 84.8 Å². The van der Waals surface area contributed by atoms with E-state index in [2.05, 4.69) is 71.8 Å². The number of nitrogens with zero attached hydrogens (tertiary/aromatic N) is 12. The molecule has 1 fully saturated rings. The van der Waals surface area contributed by atoms with Gasteiger partial charge >= 0.3 is 12.4 Å². The van der Waals surface area contributed by atoms with Crippen LogP contribution in [0.15, 0.2) is 95.1 Å². The zero-order chi connectivity index (χ0) is 49.3. The minimum absolute atomic E-state index is 0.00521. The van der Waals surface area contributed by atoms with Crippen molar-refractivity contribution in [3.8, 4) is 0 Å². The number of alkyl halides is 6. The Bertz CT molecular complexity index is 2900. The molecule has 6 aromatic rings. The second-order valence-corrected chi connectivity index (χ2v) is 15.2. The van der Waals surface area contributed by atoms with Crippen molar-refractivity contribution in [3.05, 3.63) is 137 Å². The van der Waals surface area contributed by atoms with Crippen LogP contribution in [0.5, 0.6) is 0 Å². The summed E-state index contributed by atoms with van der Waals surface area (Å²) in [5.74, 6) is -0.400. The highest BCUT2D eigenvalue weighted by Crippen LogP contribution is 2.33. The Morgan fingerprint density at radius 2 is 1.06 bits per heavy atom. The molecule has 0 bridgehead atoms. The fourth-order valence-corrected chi connectivity index (χ4v) is 6.61. The molecule has 0 atom stereocenters. The second-order valence-electron chi connectivity index (χ2n) is 14.4. The highest BCUT2D eigenvalue weighted by atomic mass is 35.5. The third-order valence-electron chi connectivity index (χ3n) is 9.63. The molecule has 358 valence electrons. The zero-order valence-electron chi connectivity index (χ0n) is 35.0. The normalized spacial score (nSPS) is 13.4. The number of hydrogen-bond acceptors (Lipinski definition) is 19. The monoisotopic (exact) mass is 999 g/mol. The van der Waals surface area contributed by atoms with Gasteiger partial charge in [0.15, 0.2) is 0 Å². The van der Waals surface area contributed by atoms with Gasteiger partial charge in [0, 0.05) is 96.1 Å². The molecule has 1 saturated heterocycles. The van der Waals surface area contributed by atoms with Crippen molar-refractivity contribution < 1.29 is 36.2 Å². The van der Waals surface area contributed by atoms with Crippen molar-refractivity contribution in [3.63, 3.8) is 0 Å². The van der Waals surface area contributed by atoms with E-state index >= 15 is 0 Å². The van der Waals surface area contributed by atoms with Crippen LogP contribution in [0, 0.1) is 20.2 Å². The summed E-state index contributed by atoms with van der Waals surface area (Å²) >= 11 is 12.4. The summed E-state index contributed by atoms with van der Waals surface area (Å²) in [7, 11) is 0. The van der Waals surface area contributed by atoms with Gasteiger partial charge in [0.05, 0.1) is 33.4 Å². The molecular weight excluding hydrogens is 967 g/mol. The fraction of sp³-hybridized carbons (Fsp3) is 0.200. The number of rotatable bonds is 17. The van der Waals surface area contributed by atoms with Crippen LogP contribution in [0.1, 0.15) is 22.3 Å². The molecule has 0 aliphatic carbocycles. The molecule has 2 aromatic heterocycles. The SMILES string of the molecule is O=[N+]([O-])c1ccc(Cl)c(/C=N/Nc2nc(NCCN3CCN(c4nc(N/N=C/c5cc([N+](=O)[O-])ccc5Cl)nc(Nc5cccc(C(F)(F)F)c5)n4)CC3)nc(Nc3cccc(C(F)(F)F)c3)n2)c1. The van der Waals surface area contributed by atoms with Crippen LogP contribution in [0.3, 0.4) is 0 Å². The fourth-order valence-electron chi connectivity index (χ4n) is 6.28. The summed E-state index contributed by atoms with van der Waals surface area (Å²) in [5.41, 5.74) is 3.40. The number of non-ortho nitro benzene ring substituents is 2. The van der Waals surface area contributed by atoms with Gasteiger partial charge in [-0.15, -0.1) is 0 Å². The summed E-state index contributed by atoms with van der Waals surface area (Å²) in [6, 6.07) is 16.3. The van der Waals surface area contributed by atoms with E-state index in [1.54, 1.807) is 0 Å². The molecule has 4 aromatic carbocycles. The summed E-state index contributed by atoms with van der Waals surface area (Å²) in [5, 5.41) is 39.5. The molecule has 29 heteroatoms. The van der Waals surface area contributed by atoms with Gasteiger partial charge in [-0.2, -0.15) is 66.4 Å². The Hall–Kier alpha value is -8.04. The number of hydrazone groups is 2. The molecule has 5 N–H and O–H groups in total. The molecule has 0 unspecified atom stereocenters. The quantitative estimate of drug-likeness (QED) is 0.0247. The second kappa shape index (κ2) is 21.3. The summed E-state index contributed by atoms with van der Waals surface area (Å²) in [6.45, 7) is 2.38. The van der Waals surface area contributed by atoms with Crippen molar-refractivity contribution in [1.82, 2.24) is 34.8 Å². The van der Waals surface area contributed by atoms with E-state index in [-0.39, 0.29) is 86.2 Å². The third kappa shape index (κ3) is 13.5. The minimum Gasteiger partial charge on any atom is -0.353 e. The van der Waals surface area contributed by atoms with E-state index in [1.165, 1.54) is 73.1 Å². The molecule has 0 radical (unpaired) electrons. The van der Waals surface area contributed by atoms with Gasteiger partial charge in [0.25, 0.3) is 11.4 Å². The average Bonchev–Trinajstić information content (AvgIpc) is 3.30. The number of piperazine rings is 1. The topological polar surface area (TPSA) is 255 Å². The maximum Gasteiger partial charge on any atom is 0.416 e. The number of nitrogens with one attached hydrogen (secondary N) is 5. The van der Waals surface area contributed by atoms with E-state index in [0.29, 0.717) is 32.7 Å². The Morgan fingerprint density at radius 3 is 1.55 bits per heavy atom. The van der Waals surface area contributed by atoms with Gasteiger partial charge in [-0.05, 0) is 48.5 Å². The van der Waals surface area contributed by atoms with E-state index in [1.807, 2.05) is 4.90 Å². The lowest BCUT2D eigenvalue weighted by molar-refractivity contribution is -0.385. The van der Waals surface area contributed by atoms with Crippen LogP contribution < -0.4 is 31.7 Å². The molecule has 21 nitrogen and oxygen atoms in total. The van der Waals surface area contributed by atoms with Crippen molar-refractivity contribution in [2.24, 2.45) is 10.2 Å². The van der Waals surface area contributed by atoms with Crippen molar-refractivity contribution in [2.45, 2.75) is 12.4 Å². The maximum atomic E-state index is 13.5. The number of halogens is 8.